The highest BCUT2D eigenvalue weighted by molar-refractivity contribution is 7.15. The highest BCUT2D eigenvalue weighted by atomic mass is 35.5. The van der Waals surface area contributed by atoms with Gasteiger partial charge >= 0.3 is 6.09 Å². The lowest BCUT2D eigenvalue weighted by Gasteiger charge is -2.36. The highest BCUT2D eigenvalue weighted by Gasteiger charge is 2.31. The molecule has 3 aromatic rings. The number of carboxylic acid groups (broad SMARTS) is 1. The molecule has 2 N–H and O–H groups in total. The van der Waals surface area contributed by atoms with Gasteiger partial charge in [-0.2, -0.15) is 0 Å². The zero-order chi connectivity index (χ0) is 25.1. The molecule has 1 aliphatic heterocycles. The summed E-state index contributed by atoms with van der Waals surface area (Å²) in [6.45, 7) is 5.09. The number of carbonyl (C=O) groups is 2. The van der Waals surface area contributed by atoms with E-state index in [1.807, 2.05) is 48.3 Å². The largest absolute Gasteiger partial charge is 0.465 e. The minimum Gasteiger partial charge on any atom is -0.465 e. The first-order valence-corrected chi connectivity index (χ1v) is 12.6. The van der Waals surface area contributed by atoms with E-state index in [0.717, 1.165) is 28.2 Å². The Morgan fingerprint density at radius 1 is 1.26 bits per heavy atom. The molecule has 4 rings (SSSR count). The number of nitrogens with zero attached hydrogens (tertiary/aromatic N) is 4. The van der Waals surface area contributed by atoms with E-state index in [1.54, 1.807) is 6.07 Å². The van der Waals surface area contributed by atoms with Crippen LogP contribution in [0, 0.1) is 5.92 Å². The number of nitrogens with one attached hydrogen (secondary N) is 1. The van der Waals surface area contributed by atoms with Gasteiger partial charge in [-0.1, -0.05) is 55.0 Å². The number of carbonyl (C=O) groups excluding carboxylic acids is 1. The molecular formula is C25H28ClN5O3S. The van der Waals surface area contributed by atoms with Gasteiger partial charge in [0.25, 0.3) is 5.91 Å². The molecule has 2 aromatic carbocycles. The van der Waals surface area contributed by atoms with Gasteiger partial charge in [-0.05, 0) is 54.2 Å². The Bertz CT molecular complexity index is 1230. The Balaban J connectivity index is 1.45. The maximum atomic E-state index is 12.9. The van der Waals surface area contributed by atoms with Crippen molar-refractivity contribution in [3.63, 3.8) is 0 Å². The Labute approximate surface area is 213 Å². The van der Waals surface area contributed by atoms with Gasteiger partial charge < -0.3 is 14.9 Å². The molecule has 10 heteroatoms. The molecule has 0 saturated carbocycles. The Morgan fingerprint density at radius 2 is 2.03 bits per heavy atom. The van der Waals surface area contributed by atoms with Crippen LogP contribution in [0.2, 0.25) is 5.02 Å². The number of benzene rings is 2. The summed E-state index contributed by atoms with van der Waals surface area (Å²) in [6, 6.07) is 12.9. The van der Waals surface area contributed by atoms with Gasteiger partial charge in [0, 0.05) is 19.2 Å². The molecule has 2 heterocycles. The van der Waals surface area contributed by atoms with Crippen molar-refractivity contribution in [2.45, 2.75) is 39.3 Å². The number of amides is 2. The highest BCUT2D eigenvalue weighted by Crippen LogP contribution is 2.35. The van der Waals surface area contributed by atoms with Crippen molar-refractivity contribution in [1.82, 2.24) is 15.1 Å². The van der Waals surface area contributed by atoms with Crippen LogP contribution in [0.15, 0.2) is 42.5 Å². The summed E-state index contributed by atoms with van der Waals surface area (Å²) in [5.41, 5.74) is 3.40. The summed E-state index contributed by atoms with van der Waals surface area (Å²) in [5, 5.41) is 22.6. The molecule has 0 saturated heterocycles. The second-order valence-corrected chi connectivity index (χ2v) is 10.5. The van der Waals surface area contributed by atoms with Crippen molar-refractivity contribution >= 4 is 45.8 Å². The second-order valence-electron chi connectivity index (χ2n) is 9.05. The standard InChI is InChI=1S/C25H28ClN5O3S/c1-15(2)12-21-18-9-8-17(13-16(18)10-11-31(21)25(33)34)23(32)27-24-29-28-22(35-24)14-30(3)20-7-5-4-6-19(20)26/h4-9,13,15,21H,10-12,14H2,1-3H3,(H,33,34)(H,27,29,32). The first kappa shape index (κ1) is 24.9. The Hall–Kier alpha value is -3.17. The molecular weight excluding hydrogens is 486 g/mol. The van der Waals surface area contributed by atoms with Gasteiger partial charge in [0.2, 0.25) is 5.13 Å². The number of hydrogen-bond acceptors (Lipinski definition) is 6. The third-order valence-corrected chi connectivity index (χ3v) is 7.17. The molecule has 8 nitrogen and oxygen atoms in total. The van der Waals surface area contributed by atoms with Gasteiger partial charge in [0.15, 0.2) is 0 Å². The predicted molar refractivity (Wildman–Crippen MR) is 138 cm³/mol. The fourth-order valence-corrected chi connectivity index (χ4v) is 5.44. The number of aromatic nitrogens is 2. The van der Waals surface area contributed by atoms with Gasteiger partial charge in [-0.3, -0.25) is 10.1 Å². The summed E-state index contributed by atoms with van der Waals surface area (Å²) in [7, 11) is 1.92. The number of halogens is 1. The van der Waals surface area contributed by atoms with Crippen LogP contribution in [0.5, 0.6) is 0 Å². The van der Waals surface area contributed by atoms with Crippen molar-refractivity contribution in [3.8, 4) is 0 Å². The van der Waals surface area contributed by atoms with Crippen molar-refractivity contribution in [3.05, 3.63) is 69.2 Å². The summed E-state index contributed by atoms with van der Waals surface area (Å²) >= 11 is 7.59. The molecule has 1 unspecified atom stereocenters. The SMILES string of the molecule is CC(C)CC1c2ccc(C(=O)Nc3nnc(CN(C)c4ccccc4Cl)s3)cc2CCN1C(=O)O. The lowest BCUT2D eigenvalue weighted by Crippen LogP contribution is -2.39. The molecule has 0 aliphatic carbocycles. The Morgan fingerprint density at radius 3 is 2.74 bits per heavy atom. The van der Waals surface area contributed by atoms with E-state index in [-0.39, 0.29) is 11.9 Å². The third kappa shape index (κ3) is 5.74. The van der Waals surface area contributed by atoms with E-state index in [4.69, 9.17) is 11.6 Å². The summed E-state index contributed by atoms with van der Waals surface area (Å²) in [6.07, 6.45) is 0.408. The number of fused-ring (bicyclic) bond motifs is 1. The second kappa shape index (κ2) is 10.6. The van der Waals surface area contributed by atoms with E-state index in [2.05, 4.69) is 29.4 Å². The van der Waals surface area contributed by atoms with Crippen molar-refractivity contribution in [1.29, 1.82) is 0 Å². The van der Waals surface area contributed by atoms with Gasteiger partial charge in [0.1, 0.15) is 5.01 Å². The molecule has 0 bridgehead atoms. The smallest absolute Gasteiger partial charge is 0.407 e. The summed E-state index contributed by atoms with van der Waals surface area (Å²) < 4.78 is 0. The lowest BCUT2D eigenvalue weighted by molar-refractivity contribution is 0.102. The summed E-state index contributed by atoms with van der Waals surface area (Å²) in [5.74, 6) is 0.0790. The van der Waals surface area contributed by atoms with E-state index >= 15 is 0 Å². The molecule has 35 heavy (non-hydrogen) atoms. The Kier molecular flexibility index (Phi) is 7.57. The lowest BCUT2D eigenvalue weighted by atomic mass is 9.87. The minimum absolute atomic E-state index is 0.200. The van der Waals surface area contributed by atoms with Crippen LogP contribution >= 0.6 is 22.9 Å². The zero-order valence-corrected chi connectivity index (χ0v) is 21.4. The fraction of sp³-hybridized carbons (Fsp3) is 0.360. The molecule has 1 aromatic heterocycles. The number of para-hydroxylation sites is 1. The average Bonchev–Trinajstić information content (AvgIpc) is 3.25. The molecule has 2 amide bonds. The van der Waals surface area contributed by atoms with Crippen LogP contribution in [0.25, 0.3) is 0 Å². The van der Waals surface area contributed by atoms with E-state index in [0.29, 0.717) is 41.1 Å². The van der Waals surface area contributed by atoms with Crippen LogP contribution in [0.4, 0.5) is 15.6 Å². The first-order chi connectivity index (χ1) is 16.7. The number of anilines is 2. The fourth-order valence-electron chi connectivity index (χ4n) is 4.37. The van der Waals surface area contributed by atoms with Crippen molar-refractivity contribution < 1.29 is 14.7 Å². The van der Waals surface area contributed by atoms with E-state index < -0.39 is 6.09 Å². The molecule has 0 spiro atoms. The van der Waals surface area contributed by atoms with E-state index in [9.17, 15) is 14.7 Å². The van der Waals surface area contributed by atoms with Gasteiger partial charge in [-0.25, -0.2) is 4.79 Å². The maximum absolute atomic E-state index is 12.9. The molecule has 0 fully saturated rings. The third-order valence-electron chi connectivity index (χ3n) is 6.03. The number of hydrogen-bond donors (Lipinski definition) is 2. The summed E-state index contributed by atoms with van der Waals surface area (Å²) in [4.78, 5) is 28.1. The zero-order valence-electron chi connectivity index (χ0n) is 19.9. The van der Waals surface area contributed by atoms with Crippen LogP contribution in [-0.2, 0) is 13.0 Å². The van der Waals surface area contributed by atoms with Crippen LogP contribution in [0.1, 0.15) is 52.8 Å². The van der Waals surface area contributed by atoms with E-state index in [1.165, 1.54) is 16.2 Å². The minimum atomic E-state index is -0.907. The topological polar surface area (TPSA) is 98.7 Å². The molecule has 1 aliphatic rings. The van der Waals surface area contributed by atoms with Crippen LogP contribution in [0.3, 0.4) is 0 Å². The first-order valence-electron chi connectivity index (χ1n) is 11.4. The van der Waals surface area contributed by atoms with Gasteiger partial charge in [0.05, 0.1) is 23.3 Å². The van der Waals surface area contributed by atoms with Crippen molar-refractivity contribution in [2.24, 2.45) is 5.92 Å². The van der Waals surface area contributed by atoms with Crippen LogP contribution in [-0.4, -0.2) is 45.8 Å². The predicted octanol–water partition coefficient (Wildman–Crippen LogP) is 5.70. The average molecular weight is 514 g/mol. The quantitative estimate of drug-likeness (QED) is 0.420. The van der Waals surface area contributed by atoms with Crippen LogP contribution < -0.4 is 10.2 Å². The van der Waals surface area contributed by atoms with Gasteiger partial charge in [-0.15, -0.1) is 10.2 Å². The van der Waals surface area contributed by atoms with Crippen molar-refractivity contribution in [2.75, 3.05) is 23.8 Å². The molecule has 0 radical (unpaired) electrons. The maximum Gasteiger partial charge on any atom is 0.407 e. The normalized spacial score (nSPS) is 15.1. The molecule has 1 atom stereocenters. The molecule has 184 valence electrons. The number of rotatable bonds is 7. The monoisotopic (exact) mass is 513 g/mol.